The van der Waals surface area contributed by atoms with E-state index in [1.54, 1.807) is 0 Å². The van der Waals surface area contributed by atoms with Crippen LogP contribution in [-0.4, -0.2) is 55.7 Å². The predicted molar refractivity (Wildman–Crippen MR) is 92.7 cm³/mol. The highest BCUT2D eigenvalue weighted by atomic mass is 35.5. The molecule has 0 aliphatic carbocycles. The van der Waals surface area contributed by atoms with E-state index in [1.165, 1.54) is 5.56 Å². The molecule has 1 aromatic rings. The van der Waals surface area contributed by atoms with E-state index in [1.807, 2.05) is 12.1 Å². The summed E-state index contributed by atoms with van der Waals surface area (Å²) in [6.07, 6.45) is 0.975. The van der Waals surface area contributed by atoms with E-state index in [9.17, 15) is 0 Å². The van der Waals surface area contributed by atoms with Crippen LogP contribution in [0.1, 0.15) is 31.9 Å². The third-order valence-corrected chi connectivity index (χ3v) is 4.75. The number of halogens is 1. The first kappa shape index (κ1) is 17.5. The molecule has 2 N–H and O–H groups in total. The maximum absolute atomic E-state index is 6.36. The average Bonchev–Trinajstić information content (AvgIpc) is 2.51. The number of piperazine rings is 1. The van der Waals surface area contributed by atoms with Gasteiger partial charge in [0.15, 0.2) is 0 Å². The van der Waals surface area contributed by atoms with Gasteiger partial charge >= 0.3 is 0 Å². The van der Waals surface area contributed by atoms with E-state index < -0.39 is 0 Å². The first-order chi connectivity index (χ1) is 10.6. The van der Waals surface area contributed by atoms with E-state index in [0.29, 0.717) is 24.2 Å². The molecule has 2 atom stereocenters. The second kappa shape index (κ2) is 8.16. The van der Waals surface area contributed by atoms with Crippen molar-refractivity contribution in [2.45, 2.75) is 32.4 Å². The van der Waals surface area contributed by atoms with Gasteiger partial charge in [-0.2, -0.15) is 0 Å². The highest BCUT2D eigenvalue weighted by Crippen LogP contribution is 2.30. The van der Waals surface area contributed by atoms with Gasteiger partial charge in [-0.05, 0) is 38.1 Å². The fourth-order valence-corrected chi connectivity index (χ4v) is 3.15. The minimum Gasteiger partial charge on any atom is -0.492 e. The van der Waals surface area contributed by atoms with Gasteiger partial charge in [0.2, 0.25) is 0 Å². The van der Waals surface area contributed by atoms with Crippen LogP contribution in [0, 0.1) is 0 Å². The van der Waals surface area contributed by atoms with Crippen molar-refractivity contribution in [1.29, 1.82) is 0 Å². The molecule has 1 aliphatic rings. The molecule has 124 valence electrons. The number of likely N-dealkylation sites (N-methyl/N-ethyl adjacent to an activating group) is 1. The summed E-state index contributed by atoms with van der Waals surface area (Å²) in [4.78, 5) is 4.85. The van der Waals surface area contributed by atoms with Crippen LogP contribution in [0.25, 0.3) is 0 Å². The Hall–Kier alpha value is -0.810. The van der Waals surface area contributed by atoms with Gasteiger partial charge in [-0.3, -0.25) is 4.90 Å². The molecule has 1 heterocycles. The van der Waals surface area contributed by atoms with Crippen molar-refractivity contribution < 1.29 is 4.74 Å². The minimum absolute atomic E-state index is 0.217. The highest BCUT2D eigenvalue weighted by molar-refractivity contribution is 6.32. The van der Waals surface area contributed by atoms with Crippen LogP contribution in [-0.2, 0) is 0 Å². The largest absolute Gasteiger partial charge is 0.492 e. The third-order valence-electron chi connectivity index (χ3n) is 4.46. The lowest BCUT2D eigenvalue weighted by Crippen LogP contribution is -2.52. The van der Waals surface area contributed by atoms with Crippen molar-refractivity contribution in [2.75, 3.05) is 39.8 Å². The molecule has 1 fully saturated rings. The highest BCUT2D eigenvalue weighted by Gasteiger charge is 2.27. The Bertz CT molecular complexity index is 483. The van der Waals surface area contributed by atoms with Gasteiger partial charge in [-0.15, -0.1) is 0 Å². The topological polar surface area (TPSA) is 41.7 Å². The van der Waals surface area contributed by atoms with Gasteiger partial charge in [0.25, 0.3) is 0 Å². The zero-order valence-electron chi connectivity index (χ0n) is 13.9. The van der Waals surface area contributed by atoms with Gasteiger partial charge in [-0.25, -0.2) is 0 Å². The van der Waals surface area contributed by atoms with Gasteiger partial charge < -0.3 is 15.4 Å². The molecule has 0 bridgehead atoms. The molecule has 2 unspecified atom stereocenters. The lowest BCUT2D eigenvalue weighted by molar-refractivity contribution is 0.0741. The fourth-order valence-electron chi connectivity index (χ4n) is 2.91. The van der Waals surface area contributed by atoms with E-state index in [-0.39, 0.29) is 6.04 Å². The van der Waals surface area contributed by atoms with Crippen molar-refractivity contribution in [3.63, 3.8) is 0 Å². The Morgan fingerprint density at radius 3 is 2.77 bits per heavy atom. The average molecular weight is 326 g/mol. The zero-order valence-corrected chi connectivity index (χ0v) is 14.6. The number of nitrogens with zero attached hydrogens (tertiary/aromatic N) is 2. The van der Waals surface area contributed by atoms with Crippen molar-refractivity contribution in [3.05, 3.63) is 28.8 Å². The molecule has 22 heavy (non-hydrogen) atoms. The summed E-state index contributed by atoms with van der Waals surface area (Å²) in [6.45, 7) is 8.77. The summed E-state index contributed by atoms with van der Waals surface area (Å²) in [5, 5.41) is 0.673. The smallest absolute Gasteiger partial charge is 0.137 e. The van der Waals surface area contributed by atoms with Crippen LogP contribution in [0.5, 0.6) is 5.75 Å². The lowest BCUT2D eigenvalue weighted by Gasteiger charge is -2.41. The van der Waals surface area contributed by atoms with Gasteiger partial charge in [0, 0.05) is 38.3 Å². The summed E-state index contributed by atoms with van der Waals surface area (Å²) < 4.78 is 5.65. The molecule has 2 rings (SSSR count). The van der Waals surface area contributed by atoms with Gasteiger partial charge in [0.1, 0.15) is 5.75 Å². The molecule has 0 amide bonds. The second-order valence-electron chi connectivity index (χ2n) is 6.11. The molecule has 5 heteroatoms. The number of hydrogen-bond donors (Lipinski definition) is 1. The second-order valence-corrected chi connectivity index (χ2v) is 6.52. The fraction of sp³-hybridized carbons (Fsp3) is 0.647. The molecule has 1 aromatic carbocycles. The number of rotatable bonds is 6. The van der Waals surface area contributed by atoms with Gasteiger partial charge in [0.05, 0.1) is 11.6 Å². The van der Waals surface area contributed by atoms with Crippen molar-refractivity contribution in [2.24, 2.45) is 5.73 Å². The van der Waals surface area contributed by atoms with Gasteiger partial charge in [-0.1, -0.05) is 24.6 Å². The Kier molecular flexibility index (Phi) is 6.50. The first-order valence-corrected chi connectivity index (χ1v) is 8.51. The van der Waals surface area contributed by atoms with E-state index in [2.05, 4.69) is 36.8 Å². The van der Waals surface area contributed by atoms with Crippen molar-refractivity contribution in [1.82, 2.24) is 9.80 Å². The summed E-state index contributed by atoms with van der Waals surface area (Å²) in [5.41, 5.74) is 7.23. The Labute approximate surface area is 139 Å². The molecule has 1 saturated heterocycles. The zero-order chi connectivity index (χ0) is 16.1. The number of benzene rings is 1. The van der Waals surface area contributed by atoms with Crippen molar-refractivity contribution >= 4 is 11.6 Å². The summed E-state index contributed by atoms with van der Waals surface area (Å²) in [5.74, 6) is 0.759. The maximum atomic E-state index is 6.36. The Morgan fingerprint density at radius 2 is 2.18 bits per heavy atom. The molecule has 1 aliphatic heterocycles. The predicted octanol–water partition coefficient (Wildman–Crippen LogP) is 2.76. The Balaban J connectivity index is 2.12. The van der Waals surface area contributed by atoms with Crippen LogP contribution in [0.4, 0.5) is 0 Å². The Morgan fingerprint density at radius 1 is 1.41 bits per heavy atom. The minimum atomic E-state index is 0.217. The molecular formula is C17H28ClN3O. The summed E-state index contributed by atoms with van der Waals surface area (Å²) >= 11 is 6.36. The third kappa shape index (κ3) is 4.13. The first-order valence-electron chi connectivity index (χ1n) is 8.13. The lowest BCUT2D eigenvalue weighted by atomic mass is 10.0. The van der Waals surface area contributed by atoms with E-state index >= 15 is 0 Å². The molecule has 0 aromatic heterocycles. The van der Waals surface area contributed by atoms with Crippen molar-refractivity contribution in [3.8, 4) is 5.75 Å². The summed E-state index contributed by atoms with van der Waals surface area (Å²) in [6, 6.07) is 6.83. The molecule has 0 saturated carbocycles. The molecule has 0 spiro atoms. The van der Waals surface area contributed by atoms with Crippen LogP contribution in [0.2, 0.25) is 5.02 Å². The monoisotopic (exact) mass is 325 g/mol. The molecule has 0 radical (unpaired) electrons. The quantitative estimate of drug-likeness (QED) is 0.873. The SMILES string of the molecule is CCCOc1ccc(C(CN)N2CCN(C)C(C)C2)cc1Cl. The van der Waals surface area contributed by atoms with E-state index in [0.717, 1.165) is 31.8 Å². The summed E-state index contributed by atoms with van der Waals surface area (Å²) in [7, 11) is 2.18. The van der Waals surface area contributed by atoms with Crippen LogP contribution in [0.15, 0.2) is 18.2 Å². The number of hydrogen-bond acceptors (Lipinski definition) is 4. The van der Waals surface area contributed by atoms with Crippen LogP contribution < -0.4 is 10.5 Å². The standard InChI is InChI=1S/C17H28ClN3O/c1-4-9-22-17-6-5-14(10-15(17)18)16(11-19)21-8-7-20(3)13(2)12-21/h5-6,10,13,16H,4,7-9,11-12,19H2,1-3H3. The van der Waals surface area contributed by atoms with E-state index in [4.69, 9.17) is 22.1 Å². The normalized spacial score (nSPS) is 21.8. The van der Waals surface area contributed by atoms with Crippen LogP contribution in [0.3, 0.4) is 0 Å². The number of nitrogens with two attached hydrogens (primary N) is 1. The number of ether oxygens (including phenoxy) is 1. The molecule has 4 nitrogen and oxygen atoms in total. The van der Waals surface area contributed by atoms with Crippen LogP contribution >= 0.6 is 11.6 Å². The maximum Gasteiger partial charge on any atom is 0.137 e. The molecular weight excluding hydrogens is 298 g/mol.